The van der Waals surface area contributed by atoms with Crippen LogP contribution in [0.15, 0.2) is 24.8 Å². The Bertz CT molecular complexity index is 363. The minimum atomic E-state index is -0.127. The smallest absolute Gasteiger partial charge is 0.0700 e. The molecule has 0 amide bonds. The second kappa shape index (κ2) is 4.11. The molecule has 0 aliphatic heterocycles. The van der Waals surface area contributed by atoms with Gasteiger partial charge in [-0.1, -0.05) is 30.3 Å². The SMILES string of the molecule is C=Cc1cc(Cl)cc([C@H](C)C#N)c1. The summed E-state index contributed by atoms with van der Waals surface area (Å²) in [7, 11) is 0. The van der Waals surface area contributed by atoms with E-state index in [1.807, 2.05) is 25.1 Å². The second-order valence-corrected chi connectivity index (χ2v) is 3.31. The maximum Gasteiger partial charge on any atom is 0.0700 e. The third-order valence-electron chi connectivity index (χ3n) is 1.87. The molecule has 0 spiro atoms. The molecule has 13 heavy (non-hydrogen) atoms. The highest BCUT2D eigenvalue weighted by Crippen LogP contribution is 2.21. The molecule has 0 aromatic heterocycles. The quantitative estimate of drug-likeness (QED) is 0.701. The van der Waals surface area contributed by atoms with E-state index in [0.717, 1.165) is 11.1 Å². The zero-order chi connectivity index (χ0) is 9.84. The van der Waals surface area contributed by atoms with Crippen molar-refractivity contribution in [1.82, 2.24) is 0 Å². The molecule has 0 fully saturated rings. The highest BCUT2D eigenvalue weighted by Gasteiger charge is 2.05. The van der Waals surface area contributed by atoms with Crippen LogP contribution in [-0.4, -0.2) is 0 Å². The van der Waals surface area contributed by atoms with Gasteiger partial charge >= 0.3 is 0 Å². The minimum absolute atomic E-state index is 0.127. The highest BCUT2D eigenvalue weighted by molar-refractivity contribution is 6.30. The first-order valence-electron chi connectivity index (χ1n) is 4.00. The maximum atomic E-state index is 8.72. The van der Waals surface area contributed by atoms with E-state index in [4.69, 9.17) is 16.9 Å². The van der Waals surface area contributed by atoms with Crippen molar-refractivity contribution in [3.05, 3.63) is 40.9 Å². The zero-order valence-corrected chi connectivity index (χ0v) is 8.17. The summed E-state index contributed by atoms with van der Waals surface area (Å²) in [5.41, 5.74) is 1.88. The van der Waals surface area contributed by atoms with E-state index in [2.05, 4.69) is 12.6 Å². The van der Waals surface area contributed by atoms with Crippen LogP contribution >= 0.6 is 11.6 Å². The van der Waals surface area contributed by atoms with Crippen LogP contribution < -0.4 is 0 Å². The number of nitrogens with zero attached hydrogens (tertiary/aromatic N) is 1. The number of benzene rings is 1. The molecule has 0 heterocycles. The van der Waals surface area contributed by atoms with Crippen LogP contribution in [0.5, 0.6) is 0 Å². The molecule has 66 valence electrons. The molecule has 0 bridgehead atoms. The highest BCUT2D eigenvalue weighted by atomic mass is 35.5. The van der Waals surface area contributed by atoms with Gasteiger partial charge in [-0.05, 0) is 30.2 Å². The Hall–Kier alpha value is -1.26. The van der Waals surface area contributed by atoms with Gasteiger partial charge < -0.3 is 0 Å². The Morgan fingerprint density at radius 2 is 2.23 bits per heavy atom. The summed E-state index contributed by atoms with van der Waals surface area (Å²) < 4.78 is 0. The average Bonchev–Trinajstić information content (AvgIpc) is 2.15. The lowest BCUT2D eigenvalue weighted by Crippen LogP contribution is -1.89. The lowest BCUT2D eigenvalue weighted by molar-refractivity contribution is 0.981. The van der Waals surface area contributed by atoms with Crippen molar-refractivity contribution in [2.24, 2.45) is 0 Å². The fourth-order valence-electron chi connectivity index (χ4n) is 1.08. The van der Waals surface area contributed by atoms with Crippen molar-refractivity contribution < 1.29 is 0 Å². The summed E-state index contributed by atoms with van der Waals surface area (Å²) in [6, 6.07) is 7.72. The normalized spacial score (nSPS) is 11.8. The van der Waals surface area contributed by atoms with Gasteiger partial charge in [-0.15, -0.1) is 0 Å². The Morgan fingerprint density at radius 3 is 2.77 bits per heavy atom. The summed E-state index contributed by atoms with van der Waals surface area (Å²) in [5.74, 6) is -0.127. The average molecular weight is 192 g/mol. The Balaban J connectivity index is 3.17. The lowest BCUT2D eigenvalue weighted by Gasteiger charge is -2.04. The van der Waals surface area contributed by atoms with Crippen molar-refractivity contribution in [2.45, 2.75) is 12.8 Å². The fourth-order valence-corrected chi connectivity index (χ4v) is 1.33. The van der Waals surface area contributed by atoms with E-state index < -0.39 is 0 Å². The first-order valence-corrected chi connectivity index (χ1v) is 4.37. The van der Waals surface area contributed by atoms with Crippen molar-refractivity contribution >= 4 is 17.7 Å². The van der Waals surface area contributed by atoms with Crippen molar-refractivity contribution in [3.63, 3.8) is 0 Å². The Morgan fingerprint density at radius 1 is 1.54 bits per heavy atom. The predicted molar refractivity (Wildman–Crippen MR) is 55.6 cm³/mol. The largest absolute Gasteiger partial charge is 0.198 e. The summed E-state index contributed by atoms with van der Waals surface area (Å²) in [5, 5.41) is 9.37. The van der Waals surface area contributed by atoms with E-state index >= 15 is 0 Å². The van der Waals surface area contributed by atoms with Crippen LogP contribution in [0, 0.1) is 11.3 Å². The summed E-state index contributed by atoms with van der Waals surface area (Å²) in [6.45, 7) is 5.50. The molecule has 0 saturated carbocycles. The van der Waals surface area contributed by atoms with E-state index in [0.29, 0.717) is 5.02 Å². The number of hydrogen-bond donors (Lipinski definition) is 0. The molecule has 0 saturated heterocycles. The molecule has 1 nitrogen and oxygen atoms in total. The van der Waals surface area contributed by atoms with Gasteiger partial charge in [-0.25, -0.2) is 0 Å². The van der Waals surface area contributed by atoms with E-state index in [-0.39, 0.29) is 5.92 Å². The molecule has 0 aliphatic rings. The summed E-state index contributed by atoms with van der Waals surface area (Å²) in [6.07, 6.45) is 1.72. The zero-order valence-electron chi connectivity index (χ0n) is 7.42. The summed E-state index contributed by atoms with van der Waals surface area (Å²) in [4.78, 5) is 0. The standard InChI is InChI=1S/C11H10ClN/c1-3-9-4-10(8(2)7-13)6-11(12)5-9/h3-6,8H,1H2,2H3/t8-/m1/s1. The van der Waals surface area contributed by atoms with Crippen molar-refractivity contribution in [1.29, 1.82) is 5.26 Å². The first kappa shape index (κ1) is 9.83. The van der Waals surface area contributed by atoms with Gasteiger partial charge in [0.25, 0.3) is 0 Å². The van der Waals surface area contributed by atoms with Crippen LogP contribution in [0.4, 0.5) is 0 Å². The molecular weight excluding hydrogens is 182 g/mol. The van der Waals surface area contributed by atoms with E-state index in [1.54, 1.807) is 6.08 Å². The number of nitriles is 1. The Kier molecular flexibility index (Phi) is 3.11. The van der Waals surface area contributed by atoms with Gasteiger partial charge in [-0.2, -0.15) is 5.26 Å². The van der Waals surface area contributed by atoms with E-state index in [1.165, 1.54) is 0 Å². The van der Waals surface area contributed by atoms with Crippen molar-refractivity contribution in [2.75, 3.05) is 0 Å². The van der Waals surface area contributed by atoms with Gasteiger partial charge in [0.05, 0.1) is 12.0 Å². The number of hydrogen-bond acceptors (Lipinski definition) is 1. The first-order chi connectivity index (χ1) is 6.17. The molecular formula is C11H10ClN. The van der Waals surface area contributed by atoms with Gasteiger partial charge in [0.1, 0.15) is 0 Å². The van der Waals surface area contributed by atoms with Crippen LogP contribution in [0.2, 0.25) is 5.02 Å². The molecule has 0 unspecified atom stereocenters. The third kappa shape index (κ3) is 2.34. The number of halogens is 1. The molecule has 0 radical (unpaired) electrons. The van der Waals surface area contributed by atoms with Gasteiger partial charge in [-0.3, -0.25) is 0 Å². The van der Waals surface area contributed by atoms with Gasteiger partial charge in [0, 0.05) is 5.02 Å². The maximum absolute atomic E-state index is 8.72. The topological polar surface area (TPSA) is 23.8 Å². The Labute approximate surface area is 83.3 Å². The fraction of sp³-hybridized carbons (Fsp3) is 0.182. The minimum Gasteiger partial charge on any atom is -0.198 e. The molecule has 1 atom stereocenters. The molecule has 0 N–H and O–H groups in total. The lowest BCUT2D eigenvalue weighted by atomic mass is 10.0. The predicted octanol–water partition coefficient (Wildman–Crippen LogP) is 3.61. The van der Waals surface area contributed by atoms with Gasteiger partial charge in [0.2, 0.25) is 0 Å². The third-order valence-corrected chi connectivity index (χ3v) is 2.09. The molecule has 1 aromatic rings. The van der Waals surface area contributed by atoms with Crippen LogP contribution in [0.25, 0.3) is 6.08 Å². The molecule has 1 rings (SSSR count). The van der Waals surface area contributed by atoms with Crippen LogP contribution in [-0.2, 0) is 0 Å². The molecule has 0 aliphatic carbocycles. The summed E-state index contributed by atoms with van der Waals surface area (Å²) >= 11 is 5.87. The van der Waals surface area contributed by atoms with Crippen LogP contribution in [0.3, 0.4) is 0 Å². The van der Waals surface area contributed by atoms with Gasteiger partial charge in [0.15, 0.2) is 0 Å². The van der Waals surface area contributed by atoms with E-state index in [9.17, 15) is 0 Å². The second-order valence-electron chi connectivity index (χ2n) is 2.87. The van der Waals surface area contributed by atoms with Crippen LogP contribution in [0.1, 0.15) is 24.0 Å². The molecule has 1 aromatic carbocycles. The molecule has 2 heteroatoms. The number of rotatable bonds is 2. The monoisotopic (exact) mass is 191 g/mol. The van der Waals surface area contributed by atoms with Crippen molar-refractivity contribution in [3.8, 4) is 6.07 Å².